The summed E-state index contributed by atoms with van der Waals surface area (Å²) in [7, 11) is 5.92. The molecule has 0 aliphatic carbocycles. The van der Waals surface area contributed by atoms with Crippen molar-refractivity contribution in [3.05, 3.63) is 29.7 Å². The Balaban J connectivity index is 1.43. The van der Waals surface area contributed by atoms with E-state index in [-0.39, 0.29) is 6.04 Å². The maximum absolute atomic E-state index is 14.3. The summed E-state index contributed by atoms with van der Waals surface area (Å²) in [5, 5.41) is 4.75. The van der Waals surface area contributed by atoms with Crippen molar-refractivity contribution < 1.29 is 4.39 Å². The smallest absolute Gasteiger partial charge is 0.226 e. The van der Waals surface area contributed by atoms with Gasteiger partial charge in [-0.2, -0.15) is 10.1 Å². The molecule has 2 atom stereocenters. The van der Waals surface area contributed by atoms with Crippen LogP contribution in [0.1, 0.15) is 30.7 Å². The molecule has 0 N–H and O–H groups in total. The topological polar surface area (TPSA) is 53.3 Å². The van der Waals surface area contributed by atoms with Crippen LogP contribution in [0, 0.1) is 0 Å². The number of halogens is 1. The van der Waals surface area contributed by atoms with Gasteiger partial charge in [-0.15, -0.1) is 0 Å². The first kappa shape index (κ1) is 19.1. The molecular weight excluding hydrogens is 357 g/mol. The van der Waals surface area contributed by atoms with Crippen LogP contribution in [-0.2, 0) is 19.5 Å². The van der Waals surface area contributed by atoms with Gasteiger partial charge in [0, 0.05) is 58.1 Å². The largest absolute Gasteiger partial charge is 0.349 e. The minimum absolute atomic E-state index is 0.0992. The van der Waals surface area contributed by atoms with Crippen LogP contribution in [-0.4, -0.2) is 71.1 Å². The Bertz CT molecular complexity index is 782. The number of anilines is 2. The van der Waals surface area contributed by atoms with Gasteiger partial charge in [-0.25, -0.2) is 9.37 Å². The molecule has 4 heterocycles. The number of aryl methyl sites for hydroxylation is 2. The van der Waals surface area contributed by atoms with E-state index in [1.165, 1.54) is 18.5 Å². The molecule has 0 radical (unpaired) electrons. The van der Waals surface area contributed by atoms with E-state index in [1.807, 2.05) is 25.1 Å². The van der Waals surface area contributed by atoms with Crippen LogP contribution < -0.4 is 9.80 Å². The van der Waals surface area contributed by atoms with Crippen molar-refractivity contribution in [2.24, 2.45) is 0 Å². The van der Waals surface area contributed by atoms with Gasteiger partial charge < -0.3 is 9.80 Å². The van der Waals surface area contributed by atoms with Crippen molar-refractivity contribution in [1.29, 1.82) is 0 Å². The summed E-state index contributed by atoms with van der Waals surface area (Å²) in [5.41, 5.74) is 2.45. The number of fused-ring (bicyclic) bond motifs is 1. The molecule has 2 aliphatic heterocycles. The first-order valence-electron chi connectivity index (χ1n) is 10.1. The van der Waals surface area contributed by atoms with Crippen LogP contribution in [0.25, 0.3) is 0 Å². The minimum atomic E-state index is -0.823. The Labute approximate surface area is 166 Å². The van der Waals surface area contributed by atoms with Gasteiger partial charge >= 0.3 is 0 Å². The molecule has 0 bridgehead atoms. The van der Waals surface area contributed by atoms with E-state index in [9.17, 15) is 4.39 Å². The summed E-state index contributed by atoms with van der Waals surface area (Å²) in [4.78, 5) is 15.1. The van der Waals surface area contributed by atoms with Gasteiger partial charge in [0.2, 0.25) is 5.95 Å². The molecule has 0 spiro atoms. The molecular formula is C20H30FN7. The van der Waals surface area contributed by atoms with Gasteiger partial charge in [-0.05, 0) is 38.4 Å². The lowest BCUT2D eigenvalue weighted by Crippen LogP contribution is -2.39. The standard InChI is InChI=1S/C20H30FN7/c1-25(2)20-22-8-7-19(23-20)27-12-15(21)10-18(27)14-26(3)13-16-11-17-6-4-5-9-28(17)24-16/h7-8,11,15,18H,4-6,9-10,12-14H2,1-3H3/t15-,18-/m0/s1. The number of rotatable bonds is 6. The van der Waals surface area contributed by atoms with Crippen molar-refractivity contribution in [2.75, 3.05) is 44.0 Å². The van der Waals surface area contributed by atoms with Crippen LogP contribution >= 0.6 is 0 Å². The summed E-state index contributed by atoms with van der Waals surface area (Å²) in [6.07, 6.45) is 5.05. The number of hydrogen-bond donors (Lipinski definition) is 0. The molecule has 1 fully saturated rings. The molecule has 7 nitrogen and oxygen atoms in total. The van der Waals surface area contributed by atoms with Gasteiger partial charge in [-0.1, -0.05) is 0 Å². The van der Waals surface area contributed by atoms with E-state index in [2.05, 4.69) is 37.6 Å². The summed E-state index contributed by atoms with van der Waals surface area (Å²) < 4.78 is 16.4. The zero-order valence-electron chi connectivity index (χ0n) is 17.1. The molecule has 2 aromatic heterocycles. The second-order valence-electron chi connectivity index (χ2n) is 8.25. The highest BCUT2D eigenvalue weighted by molar-refractivity contribution is 5.45. The second-order valence-corrected chi connectivity index (χ2v) is 8.25. The van der Waals surface area contributed by atoms with E-state index in [4.69, 9.17) is 5.10 Å². The number of hydrogen-bond acceptors (Lipinski definition) is 6. The lowest BCUT2D eigenvalue weighted by molar-refractivity contribution is 0.286. The van der Waals surface area contributed by atoms with Crippen molar-refractivity contribution in [2.45, 2.75) is 51.0 Å². The van der Waals surface area contributed by atoms with Crippen LogP contribution in [0.5, 0.6) is 0 Å². The SMILES string of the molecule is CN(Cc1cc2n(n1)CCCC2)C[C@@H]1C[C@H](F)CN1c1ccnc(N(C)C)n1. The molecule has 8 heteroatoms. The lowest BCUT2D eigenvalue weighted by atomic mass is 10.1. The second kappa shape index (κ2) is 8.03. The molecule has 0 aromatic carbocycles. The fourth-order valence-electron chi connectivity index (χ4n) is 4.28. The average molecular weight is 388 g/mol. The van der Waals surface area contributed by atoms with E-state index in [0.717, 1.165) is 37.6 Å². The average Bonchev–Trinajstić information content (AvgIpc) is 3.24. The van der Waals surface area contributed by atoms with E-state index < -0.39 is 6.17 Å². The van der Waals surface area contributed by atoms with Crippen molar-refractivity contribution in [3.63, 3.8) is 0 Å². The van der Waals surface area contributed by atoms with Crippen LogP contribution in [0.2, 0.25) is 0 Å². The fraction of sp³-hybridized carbons (Fsp3) is 0.650. The Kier molecular flexibility index (Phi) is 5.48. The van der Waals surface area contributed by atoms with Crippen LogP contribution in [0.3, 0.4) is 0 Å². The van der Waals surface area contributed by atoms with Gasteiger partial charge in [0.05, 0.1) is 12.2 Å². The summed E-state index contributed by atoms with van der Waals surface area (Å²) in [5.74, 6) is 1.45. The Hall–Kier alpha value is -2.22. The number of aromatic nitrogens is 4. The molecule has 0 saturated carbocycles. The first-order valence-corrected chi connectivity index (χ1v) is 10.1. The summed E-state index contributed by atoms with van der Waals surface area (Å²) in [6.45, 7) is 2.99. The van der Waals surface area contributed by atoms with E-state index in [1.54, 1.807) is 6.20 Å². The van der Waals surface area contributed by atoms with Crippen LogP contribution in [0.15, 0.2) is 18.3 Å². The molecule has 0 unspecified atom stereocenters. The Morgan fingerprint density at radius 3 is 2.89 bits per heavy atom. The summed E-state index contributed by atoms with van der Waals surface area (Å²) in [6, 6.07) is 4.21. The zero-order valence-corrected chi connectivity index (χ0v) is 17.1. The third-order valence-electron chi connectivity index (χ3n) is 5.61. The number of alkyl halides is 1. The molecule has 4 rings (SSSR count). The third-order valence-corrected chi connectivity index (χ3v) is 5.61. The maximum atomic E-state index is 14.3. The fourth-order valence-corrected chi connectivity index (χ4v) is 4.28. The highest BCUT2D eigenvalue weighted by atomic mass is 19.1. The molecule has 0 amide bonds. The predicted octanol–water partition coefficient (Wildman–Crippen LogP) is 2.12. The Morgan fingerprint density at radius 2 is 2.11 bits per heavy atom. The number of likely N-dealkylation sites (N-methyl/N-ethyl adjacent to an activating group) is 1. The molecule has 1 saturated heterocycles. The monoisotopic (exact) mass is 387 g/mol. The lowest BCUT2D eigenvalue weighted by Gasteiger charge is -2.29. The van der Waals surface area contributed by atoms with Gasteiger partial charge in [-0.3, -0.25) is 9.58 Å². The van der Waals surface area contributed by atoms with E-state index >= 15 is 0 Å². The Morgan fingerprint density at radius 1 is 1.25 bits per heavy atom. The van der Waals surface area contributed by atoms with Crippen molar-refractivity contribution in [3.8, 4) is 0 Å². The van der Waals surface area contributed by atoms with Crippen LogP contribution in [0.4, 0.5) is 16.2 Å². The van der Waals surface area contributed by atoms with Gasteiger partial charge in [0.25, 0.3) is 0 Å². The first-order chi connectivity index (χ1) is 13.5. The highest BCUT2D eigenvalue weighted by Gasteiger charge is 2.34. The molecule has 152 valence electrons. The normalized spacial score (nSPS) is 22.0. The highest BCUT2D eigenvalue weighted by Crippen LogP contribution is 2.27. The predicted molar refractivity (Wildman–Crippen MR) is 109 cm³/mol. The van der Waals surface area contributed by atoms with Gasteiger partial charge in [0.1, 0.15) is 12.0 Å². The van der Waals surface area contributed by atoms with E-state index in [0.29, 0.717) is 18.9 Å². The van der Waals surface area contributed by atoms with Crippen molar-refractivity contribution >= 4 is 11.8 Å². The van der Waals surface area contributed by atoms with Gasteiger partial charge in [0.15, 0.2) is 0 Å². The molecule has 2 aliphatic rings. The molecule has 2 aromatic rings. The zero-order chi connectivity index (χ0) is 19.7. The minimum Gasteiger partial charge on any atom is -0.349 e. The van der Waals surface area contributed by atoms with Crippen molar-refractivity contribution in [1.82, 2.24) is 24.6 Å². The molecule has 28 heavy (non-hydrogen) atoms. The quantitative estimate of drug-likeness (QED) is 0.757. The summed E-state index contributed by atoms with van der Waals surface area (Å²) >= 11 is 0. The third kappa shape index (κ3) is 4.11. The maximum Gasteiger partial charge on any atom is 0.226 e. The number of nitrogens with zero attached hydrogens (tertiary/aromatic N) is 7.